The molecular weight excluding hydrogens is 565 g/mol. The summed E-state index contributed by atoms with van der Waals surface area (Å²) in [6.45, 7) is 0.131. The van der Waals surface area contributed by atoms with Gasteiger partial charge in [0.2, 0.25) is 0 Å². The number of carboxylic acids is 1. The Hall–Kier alpha value is -5.25. The maximum absolute atomic E-state index is 14.6. The molecule has 0 aliphatic rings. The van der Waals surface area contributed by atoms with Crippen molar-refractivity contribution in [3.05, 3.63) is 131 Å². The molecule has 218 valence electrons. The fraction of sp³-hybridized carbons (Fsp3) is 0.0909. The molecule has 0 radical (unpaired) electrons. The van der Waals surface area contributed by atoms with Crippen LogP contribution in [-0.2, 0) is 17.5 Å². The Balaban J connectivity index is 1.41. The minimum Gasteiger partial charge on any atom is -0.480 e. The van der Waals surface area contributed by atoms with Gasteiger partial charge in [-0.3, -0.25) is 4.79 Å². The van der Waals surface area contributed by atoms with Crippen LogP contribution in [0.15, 0.2) is 97.2 Å². The van der Waals surface area contributed by atoms with Crippen LogP contribution in [0.4, 0.5) is 27.6 Å². The number of benzene rings is 4. The Morgan fingerprint density at radius 3 is 2.30 bits per heavy atom. The lowest BCUT2D eigenvalue weighted by atomic mass is 10.0. The molecule has 0 aliphatic heterocycles. The number of halogens is 5. The summed E-state index contributed by atoms with van der Waals surface area (Å²) in [6.07, 6.45) is 0.727. The molecule has 5 rings (SSSR count). The summed E-state index contributed by atoms with van der Waals surface area (Å²) in [6, 6.07) is 22.5. The molecule has 0 amide bonds. The molecule has 0 bridgehead atoms. The molecule has 43 heavy (non-hydrogen) atoms. The van der Waals surface area contributed by atoms with Gasteiger partial charge in [-0.2, -0.15) is 13.2 Å². The van der Waals surface area contributed by atoms with Crippen molar-refractivity contribution in [1.29, 1.82) is 0 Å². The van der Waals surface area contributed by atoms with Crippen molar-refractivity contribution in [1.82, 2.24) is 9.55 Å². The summed E-state index contributed by atoms with van der Waals surface area (Å²) < 4.78 is 69.3. The van der Waals surface area contributed by atoms with Gasteiger partial charge in [-0.1, -0.05) is 54.6 Å². The fourth-order valence-electron chi connectivity index (χ4n) is 4.45. The standard InChI is InChI=1S/C33H24F5N3O2/c34-26-11-14-28(29(35)17-26)30-20-41(19-22-6-12-27(13-7-22)39-18-32(42)43)31(40-30)15-8-21-4-9-23(10-5-21)24-2-1-3-25(16-24)33(36,37)38/h1-17,20,39H,18-19H2,(H,42,43)/b15-8+. The van der Waals surface area contributed by atoms with Gasteiger partial charge >= 0.3 is 12.1 Å². The number of carboxylic acid groups (broad SMARTS) is 1. The highest BCUT2D eigenvalue weighted by Crippen LogP contribution is 2.32. The van der Waals surface area contributed by atoms with Crippen LogP contribution in [0.3, 0.4) is 0 Å². The molecule has 10 heteroatoms. The van der Waals surface area contributed by atoms with Gasteiger partial charge in [-0.25, -0.2) is 13.8 Å². The quantitative estimate of drug-likeness (QED) is 0.170. The van der Waals surface area contributed by atoms with Gasteiger partial charge in [-0.05, 0) is 64.7 Å². The summed E-state index contributed by atoms with van der Waals surface area (Å²) in [7, 11) is 0. The molecule has 1 heterocycles. The van der Waals surface area contributed by atoms with E-state index in [1.165, 1.54) is 12.1 Å². The summed E-state index contributed by atoms with van der Waals surface area (Å²) in [4.78, 5) is 15.4. The van der Waals surface area contributed by atoms with Crippen LogP contribution in [0.1, 0.15) is 22.5 Å². The normalized spacial score (nSPS) is 11.7. The van der Waals surface area contributed by atoms with Crippen molar-refractivity contribution in [2.45, 2.75) is 12.7 Å². The lowest BCUT2D eigenvalue weighted by Gasteiger charge is -2.09. The first-order chi connectivity index (χ1) is 20.5. The highest BCUT2D eigenvalue weighted by Gasteiger charge is 2.30. The van der Waals surface area contributed by atoms with E-state index in [2.05, 4.69) is 10.3 Å². The molecule has 0 unspecified atom stereocenters. The zero-order chi connectivity index (χ0) is 30.6. The first-order valence-corrected chi connectivity index (χ1v) is 13.1. The number of imidazole rings is 1. The fourth-order valence-corrected chi connectivity index (χ4v) is 4.45. The number of alkyl halides is 3. The number of nitrogens with zero attached hydrogens (tertiary/aromatic N) is 2. The summed E-state index contributed by atoms with van der Waals surface area (Å²) >= 11 is 0. The predicted molar refractivity (Wildman–Crippen MR) is 155 cm³/mol. The first-order valence-electron chi connectivity index (χ1n) is 13.1. The van der Waals surface area contributed by atoms with Crippen LogP contribution in [0.5, 0.6) is 0 Å². The number of anilines is 1. The Kier molecular flexibility index (Phi) is 8.38. The molecule has 2 N–H and O–H groups in total. The van der Waals surface area contributed by atoms with E-state index in [0.717, 1.165) is 35.4 Å². The van der Waals surface area contributed by atoms with Crippen LogP contribution in [0, 0.1) is 11.6 Å². The van der Waals surface area contributed by atoms with Crippen LogP contribution in [-0.4, -0.2) is 27.2 Å². The smallest absolute Gasteiger partial charge is 0.416 e. The van der Waals surface area contributed by atoms with Crippen LogP contribution < -0.4 is 5.32 Å². The molecule has 1 aromatic heterocycles. The van der Waals surface area contributed by atoms with E-state index in [0.29, 0.717) is 34.9 Å². The molecule has 0 atom stereocenters. The van der Waals surface area contributed by atoms with Gasteiger partial charge in [0.25, 0.3) is 0 Å². The zero-order valence-corrected chi connectivity index (χ0v) is 22.4. The monoisotopic (exact) mass is 589 g/mol. The Morgan fingerprint density at radius 1 is 0.884 bits per heavy atom. The molecule has 0 aliphatic carbocycles. The lowest BCUT2D eigenvalue weighted by Crippen LogP contribution is -2.12. The molecule has 4 aromatic carbocycles. The molecule has 0 saturated carbocycles. The molecule has 5 nitrogen and oxygen atoms in total. The zero-order valence-electron chi connectivity index (χ0n) is 22.4. The van der Waals surface area contributed by atoms with Gasteiger partial charge in [0.15, 0.2) is 0 Å². The maximum atomic E-state index is 14.6. The Morgan fingerprint density at radius 2 is 1.63 bits per heavy atom. The van der Waals surface area contributed by atoms with Gasteiger partial charge in [0.05, 0.1) is 11.3 Å². The predicted octanol–water partition coefficient (Wildman–Crippen LogP) is 8.23. The highest BCUT2D eigenvalue weighted by molar-refractivity contribution is 5.73. The van der Waals surface area contributed by atoms with Crippen molar-refractivity contribution in [3.63, 3.8) is 0 Å². The van der Waals surface area contributed by atoms with E-state index >= 15 is 0 Å². The number of carbonyl (C=O) groups is 1. The number of rotatable bonds is 9. The topological polar surface area (TPSA) is 67.2 Å². The molecule has 5 aromatic rings. The van der Waals surface area contributed by atoms with Crippen molar-refractivity contribution in [3.8, 4) is 22.4 Å². The van der Waals surface area contributed by atoms with Crippen molar-refractivity contribution in [2.24, 2.45) is 0 Å². The Bertz CT molecular complexity index is 1780. The average Bonchev–Trinajstić information content (AvgIpc) is 3.37. The number of aliphatic carboxylic acids is 1. The van der Waals surface area contributed by atoms with Crippen molar-refractivity contribution >= 4 is 23.8 Å². The number of aromatic nitrogens is 2. The minimum atomic E-state index is -4.43. The number of hydrogen-bond acceptors (Lipinski definition) is 3. The maximum Gasteiger partial charge on any atom is 0.416 e. The first kappa shape index (κ1) is 29.2. The average molecular weight is 590 g/mol. The lowest BCUT2D eigenvalue weighted by molar-refractivity contribution is -0.137. The summed E-state index contributed by atoms with van der Waals surface area (Å²) in [5.74, 6) is -1.95. The van der Waals surface area contributed by atoms with E-state index in [-0.39, 0.29) is 12.1 Å². The molecule has 0 saturated heterocycles. The van der Waals surface area contributed by atoms with E-state index in [9.17, 15) is 26.7 Å². The van der Waals surface area contributed by atoms with Gasteiger partial charge in [0, 0.05) is 30.1 Å². The Labute approximate surface area is 243 Å². The highest BCUT2D eigenvalue weighted by atomic mass is 19.4. The summed E-state index contributed by atoms with van der Waals surface area (Å²) in [5, 5.41) is 11.6. The third-order valence-electron chi connectivity index (χ3n) is 6.62. The van der Waals surface area contributed by atoms with E-state index in [1.54, 1.807) is 65.4 Å². The van der Waals surface area contributed by atoms with Crippen LogP contribution >= 0.6 is 0 Å². The van der Waals surface area contributed by atoms with Crippen LogP contribution in [0.2, 0.25) is 0 Å². The minimum absolute atomic E-state index is 0.133. The third-order valence-corrected chi connectivity index (χ3v) is 6.62. The number of hydrogen-bond donors (Lipinski definition) is 2. The molecule has 0 spiro atoms. The number of nitrogens with one attached hydrogen (secondary N) is 1. The van der Waals surface area contributed by atoms with Gasteiger partial charge in [-0.15, -0.1) is 0 Å². The van der Waals surface area contributed by atoms with E-state index in [4.69, 9.17) is 5.11 Å². The van der Waals surface area contributed by atoms with E-state index in [1.807, 2.05) is 12.1 Å². The van der Waals surface area contributed by atoms with Crippen LogP contribution in [0.25, 0.3) is 34.5 Å². The van der Waals surface area contributed by atoms with Crippen molar-refractivity contribution < 1.29 is 31.9 Å². The second kappa shape index (κ2) is 12.3. The SMILES string of the molecule is O=C(O)CNc1ccc(Cn2cc(-c3ccc(F)cc3F)nc2/C=C/c2ccc(-c3cccc(C(F)(F)F)c3)cc2)cc1. The van der Waals surface area contributed by atoms with E-state index < -0.39 is 29.3 Å². The van der Waals surface area contributed by atoms with Gasteiger partial charge in [0.1, 0.15) is 24.0 Å². The third kappa shape index (κ3) is 7.34. The summed E-state index contributed by atoms with van der Waals surface area (Å²) in [5.41, 5.74) is 3.04. The molecular formula is C33H24F5N3O2. The van der Waals surface area contributed by atoms with Gasteiger partial charge < -0.3 is 15.0 Å². The second-order valence-corrected chi connectivity index (χ2v) is 9.71. The largest absolute Gasteiger partial charge is 0.480 e. The second-order valence-electron chi connectivity index (χ2n) is 9.71. The molecule has 0 fully saturated rings. The van der Waals surface area contributed by atoms with Crippen molar-refractivity contribution in [2.75, 3.05) is 11.9 Å².